The van der Waals surface area contributed by atoms with Crippen molar-refractivity contribution in [1.82, 2.24) is 4.98 Å². The first kappa shape index (κ1) is 12.9. The van der Waals surface area contributed by atoms with Crippen molar-refractivity contribution in [2.45, 2.75) is 0 Å². The molecular weight excluding hydrogens is 314 g/mol. The fraction of sp³-hybridized carbons (Fsp3) is 0. The highest BCUT2D eigenvalue weighted by molar-refractivity contribution is 9.10. The van der Waals surface area contributed by atoms with Gasteiger partial charge in [0.25, 0.3) is 0 Å². The molecule has 0 aliphatic rings. The summed E-state index contributed by atoms with van der Waals surface area (Å²) in [5, 5.41) is 0. The van der Waals surface area contributed by atoms with Crippen molar-refractivity contribution in [3.05, 3.63) is 77.5 Å². The topological polar surface area (TPSA) is 22.1 Å². The zero-order valence-electron chi connectivity index (χ0n) is 10.7. The average molecular weight is 326 g/mol. The van der Waals surface area contributed by atoms with E-state index >= 15 is 0 Å². The van der Waals surface area contributed by atoms with E-state index in [4.69, 9.17) is 4.74 Å². The Bertz CT molecular complexity index is 696. The van der Waals surface area contributed by atoms with Crippen LogP contribution >= 0.6 is 15.9 Å². The maximum absolute atomic E-state index is 5.76. The Morgan fingerprint density at radius 2 is 1.45 bits per heavy atom. The maximum atomic E-state index is 5.76. The van der Waals surface area contributed by atoms with Gasteiger partial charge in [-0.2, -0.15) is 0 Å². The van der Waals surface area contributed by atoms with Crippen LogP contribution < -0.4 is 4.74 Å². The van der Waals surface area contributed by atoms with Gasteiger partial charge < -0.3 is 4.74 Å². The van der Waals surface area contributed by atoms with Crippen LogP contribution in [0.3, 0.4) is 0 Å². The van der Waals surface area contributed by atoms with Crippen LogP contribution in [-0.4, -0.2) is 4.98 Å². The Kier molecular flexibility index (Phi) is 3.79. The molecule has 0 aliphatic heterocycles. The quantitative estimate of drug-likeness (QED) is 0.651. The van der Waals surface area contributed by atoms with Gasteiger partial charge in [-0.15, -0.1) is 0 Å². The molecule has 0 unspecified atom stereocenters. The van der Waals surface area contributed by atoms with E-state index in [0.29, 0.717) is 5.75 Å². The number of ether oxygens (including phenoxy) is 1. The van der Waals surface area contributed by atoms with E-state index in [1.54, 1.807) is 12.4 Å². The van der Waals surface area contributed by atoms with Crippen LogP contribution in [0.15, 0.2) is 77.5 Å². The predicted molar refractivity (Wildman–Crippen MR) is 83.9 cm³/mol. The third kappa shape index (κ3) is 3.06. The number of aromatic nitrogens is 1. The van der Waals surface area contributed by atoms with Crippen molar-refractivity contribution in [2.24, 2.45) is 0 Å². The highest BCUT2D eigenvalue weighted by atomic mass is 79.9. The summed E-state index contributed by atoms with van der Waals surface area (Å²) in [5.41, 5.74) is 2.37. The Labute approximate surface area is 126 Å². The summed E-state index contributed by atoms with van der Waals surface area (Å²) in [6.07, 6.45) is 3.42. The normalized spacial score (nSPS) is 10.2. The van der Waals surface area contributed by atoms with E-state index in [0.717, 1.165) is 10.2 Å². The molecule has 3 aromatic rings. The number of benzene rings is 2. The van der Waals surface area contributed by atoms with Gasteiger partial charge in [-0.3, -0.25) is 4.98 Å². The summed E-state index contributed by atoms with van der Waals surface area (Å²) in [7, 11) is 0. The molecule has 0 spiro atoms. The van der Waals surface area contributed by atoms with Crippen molar-refractivity contribution in [3.63, 3.8) is 0 Å². The second kappa shape index (κ2) is 5.88. The molecule has 1 aromatic heterocycles. The third-order valence-electron chi connectivity index (χ3n) is 2.88. The summed E-state index contributed by atoms with van der Waals surface area (Å²) in [6, 6.07) is 20.2. The van der Waals surface area contributed by atoms with E-state index in [9.17, 15) is 0 Å². The largest absolute Gasteiger partial charge is 0.456 e. The number of nitrogens with zero attached hydrogens (tertiary/aromatic N) is 1. The number of pyridine rings is 1. The second-order valence-corrected chi connectivity index (χ2v) is 5.25. The van der Waals surface area contributed by atoms with Crippen LogP contribution in [0.5, 0.6) is 11.5 Å². The van der Waals surface area contributed by atoms with E-state index in [1.807, 2.05) is 36.4 Å². The predicted octanol–water partition coefficient (Wildman–Crippen LogP) is 5.30. The Morgan fingerprint density at radius 3 is 2.15 bits per heavy atom. The maximum Gasteiger partial charge on any atom is 0.146 e. The van der Waals surface area contributed by atoms with Gasteiger partial charge in [-0.05, 0) is 45.3 Å². The smallest absolute Gasteiger partial charge is 0.146 e. The van der Waals surface area contributed by atoms with Gasteiger partial charge in [0.2, 0.25) is 0 Å². The van der Waals surface area contributed by atoms with Gasteiger partial charge in [0.15, 0.2) is 0 Å². The summed E-state index contributed by atoms with van der Waals surface area (Å²) in [4.78, 5) is 4.07. The molecule has 20 heavy (non-hydrogen) atoms. The molecule has 0 amide bonds. The summed E-state index contributed by atoms with van der Waals surface area (Å²) >= 11 is 3.38. The van der Waals surface area contributed by atoms with Crippen LogP contribution in [0.25, 0.3) is 11.1 Å². The van der Waals surface area contributed by atoms with E-state index in [2.05, 4.69) is 45.2 Å². The minimum Gasteiger partial charge on any atom is -0.456 e. The molecule has 3 heteroatoms. The molecule has 0 atom stereocenters. The van der Waals surface area contributed by atoms with E-state index in [1.165, 1.54) is 11.1 Å². The van der Waals surface area contributed by atoms with Crippen LogP contribution in [0.4, 0.5) is 0 Å². The number of halogens is 1. The molecule has 0 aliphatic carbocycles. The molecule has 3 rings (SSSR count). The van der Waals surface area contributed by atoms with Gasteiger partial charge in [-0.25, -0.2) is 0 Å². The summed E-state index contributed by atoms with van der Waals surface area (Å²) in [5.74, 6) is 1.51. The summed E-state index contributed by atoms with van der Waals surface area (Å²) < 4.78 is 6.66. The molecule has 0 N–H and O–H groups in total. The van der Waals surface area contributed by atoms with Gasteiger partial charge in [0.1, 0.15) is 11.5 Å². The Hall–Kier alpha value is -2.13. The zero-order chi connectivity index (χ0) is 13.8. The molecule has 0 bridgehead atoms. The zero-order valence-corrected chi connectivity index (χ0v) is 12.2. The first-order chi connectivity index (χ1) is 9.81. The van der Waals surface area contributed by atoms with Crippen molar-refractivity contribution in [1.29, 1.82) is 0 Å². The lowest BCUT2D eigenvalue weighted by Crippen LogP contribution is -1.85. The molecule has 0 saturated carbocycles. The first-order valence-corrected chi connectivity index (χ1v) is 7.04. The molecule has 0 saturated heterocycles. The molecule has 2 aromatic carbocycles. The molecule has 0 fully saturated rings. The highest BCUT2D eigenvalue weighted by Gasteiger charge is 2.00. The SMILES string of the molecule is Brc1cncc(Oc2ccc(-c3ccccc3)cc2)c1. The number of hydrogen-bond acceptors (Lipinski definition) is 2. The second-order valence-electron chi connectivity index (χ2n) is 4.33. The minimum atomic E-state index is 0.715. The molecule has 2 nitrogen and oxygen atoms in total. The van der Waals surface area contributed by atoms with Crippen LogP contribution in [-0.2, 0) is 0 Å². The molecule has 98 valence electrons. The van der Waals surface area contributed by atoms with Crippen LogP contribution in [0, 0.1) is 0 Å². The first-order valence-electron chi connectivity index (χ1n) is 6.25. The standard InChI is InChI=1S/C17H12BrNO/c18-15-10-17(12-19-11-15)20-16-8-6-14(7-9-16)13-4-2-1-3-5-13/h1-12H. The fourth-order valence-corrected chi connectivity index (χ4v) is 2.27. The highest BCUT2D eigenvalue weighted by Crippen LogP contribution is 2.26. The number of hydrogen-bond donors (Lipinski definition) is 0. The van der Waals surface area contributed by atoms with Crippen molar-refractivity contribution in [2.75, 3.05) is 0 Å². The fourth-order valence-electron chi connectivity index (χ4n) is 1.93. The lowest BCUT2D eigenvalue weighted by atomic mass is 10.1. The summed E-state index contributed by atoms with van der Waals surface area (Å²) in [6.45, 7) is 0. The van der Waals surface area contributed by atoms with E-state index in [-0.39, 0.29) is 0 Å². The average Bonchev–Trinajstić information content (AvgIpc) is 2.49. The Balaban J connectivity index is 1.80. The van der Waals surface area contributed by atoms with Crippen molar-refractivity contribution >= 4 is 15.9 Å². The van der Waals surface area contributed by atoms with Crippen molar-refractivity contribution < 1.29 is 4.74 Å². The van der Waals surface area contributed by atoms with Gasteiger partial charge in [-0.1, -0.05) is 42.5 Å². The number of rotatable bonds is 3. The lowest BCUT2D eigenvalue weighted by molar-refractivity contribution is 0.480. The van der Waals surface area contributed by atoms with E-state index < -0.39 is 0 Å². The van der Waals surface area contributed by atoms with Gasteiger partial charge >= 0.3 is 0 Å². The minimum absolute atomic E-state index is 0.715. The monoisotopic (exact) mass is 325 g/mol. The van der Waals surface area contributed by atoms with Crippen LogP contribution in [0.1, 0.15) is 0 Å². The van der Waals surface area contributed by atoms with Gasteiger partial charge in [0, 0.05) is 10.7 Å². The lowest BCUT2D eigenvalue weighted by Gasteiger charge is -2.07. The van der Waals surface area contributed by atoms with Gasteiger partial charge in [0.05, 0.1) is 6.20 Å². The molecule has 0 radical (unpaired) electrons. The van der Waals surface area contributed by atoms with Crippen molar-refractivity contribution in [3.8, 4) is 22.6 Å². The molecule has 1 heterocycles. The third-order valence-corrected chi connectivity index (χ3v) is 3.31. The van der Waals surface area contributed by atoms with Crippen LogP contribution in [0.2, 0.25) is 0 Å². The Morgan fingerprint density at radius 1 is 0.750 bits per heavy atom. The molecular formula is C17H12BrNO.